The first-order chi connectivity index (χ1) is 11.1. The third-order valence-corrected chi connectivity index (χ3v) is 3.78. The van der Waals surface area contributed by atoms with E-state index >= 15 is 0 Å². The Morgan fingerprint density at radius 1 is 1.30 bits per heavy atom. The Balaban J connectivity index is 1.68. The van der Waals surface area contributed by atoms with Crippen LogP contribution in [0, 0.1) is 13.8 Å². The maximum absolute atomic E-state index is 12.6. The van der Waals surface area contributed by atoms with Crippen LogP contribution in [-0.2, 0) is 0 Å². The van der Waals surface area contributed by atoms with Crippen molar-refractivity contribution in [3.63, 3.8) is 0 Å². The number of aryl methyl sites for hydroxylation is 2. The highest BCUT2D eigenvalue weighted by Gasteiger charge is 2.32. The lowest BCUT2D eigenvalue weighted by Crippen LogP contribution is -2.31. The van der Waals surface area contributed by atoms with Crippen LogP contribution < -0.4 is 9.47 Å². The fourth-order valence-electron chi connectivity index (χ4n) is 2.65. The number of hydrogen-bond donors (Lipinski definition) is 0. The molecule has 8 nitrogen and oxygen atoms in total. The molecule has 1 aliphatic heterocycles. The largest absolute Gasteiger partial charge is 0.477 e. The average molecular weight is 318 g/mol. The minimum Gasteiger partial charge on any atom is -0.477 e. The number of ether oxygens (including phenoxy) is 2. The van der Waals surface area contributed by atoms with Crippen LogP contribution in [0.5, 0.6) is 11.8 Å². The number of aromatic nitrogens is 3. The average Bonchev–Trinajstić information content (AvgIpc) is 3.14. The van der Waals surface area contributed by atoms with Crippen LogP contribution in [0.1, 0.15) is 28.2 Å². The molecular weight excluding hydrogens is 300 g/mol. The molecule has 1 fully saturated rings. The Kier molecular flexibility index (Phi) is 4.14. The summed E-state index contributed by atoms with van der Waals surface area (Å²) < 4.78 is 16.0. The summed E-state index contributed by atoms with van der Waals surface area (Å²) in [4.78, 5) is 22.5. The molecule has 0 spiro atoms. The molecule has 122 valence electrons. The molecular formula is C15H18N4O4. The number of methoxy groups -OCH3 is 1. The van der Waals surface area contributed by atoms with E-state index in [4.69, 9.17) is 14.0 Å². The van der Waals surface area contributed by atoms with Gasteiger partial charge in [0.1, 0.15) is 17.4 Å². The fourth-order valence-corrected chi connectivity index (χ4v) is 2.65. The lowest BCUT2D eigenvalue weighted by atomic mass is 10.2. The van der Waals surface area contributed by atoms with Crippen molar-refractivity contribution in [2.24, 2.45) is 0 Å². The minimum atomic E-state index is -0.148. The van der Waals surface area contributed by atoms with Gasteiger partial charge in [0.15, 0.2) is 0 Å². The van der Waals surface area contributed by atoms with E-state index in [1.807, 2.05) is 0 Å². The fraction of sp³-hybridized carbons (Fsp3) is 0.467. The first-order valence-electron chi connectivity index (χ1n) is 7.34. The van der Waals surface area contributed by atoms with Crippen molar-refractivity contribution in [3.05, 3.63) is 29.4 Å². The summed E-state index contributed by atoms with van der Waals surface area (Å²) in [5.74, 6) is 1.13. The van der Waals surface area contributed by atoms with Gasteiger partial charge in [-0.25, -0.2) is 9.97 Å². The van der Waals surface area contributed by atoms with Gasteiger partial charge in [-0.2, -0.15) is 0 Å². The van der Waals surface area contributed by atoms with Crippen molar-refractivity contribution in [1.82, 2.24) is 20.0 Å². The second-order valence-corrected chi connectivity index (χ2v) is 5.35. The van der Waals surface area contributed by atoms with Crippen molar-refractivity contribution in [2.45, 2.75) is 26.4 Å². The van der Waals surface area contributed by atoms with Crippen LogP contribution in [0.3, 0.4) is 0 Å². The summed E-state index contributed by atoms with van der Waals surface area (Å²) in [5.41, 5.74) is 1.13. The first-order valence-corrected chi connectivity index (χ1v) is 7.34. The minimum absolute atomic E-state index is 0.0848. The molecule has 0 bridgehead atoms. The monoisotopic (exact) mass is 318 g/mol. The highest BCUT2D eigenvalue weighted by atomic mass is 16.5. The van der Waals surface area contributed by atoms with Crippen molar-refractivity contribution in [1.29, 1.82) is 0 Å². The van der Waals surface area contributed by atoms with E-state index in [0.29, 0.717) is 41.9 Å². The van der Waals surface area contributed by atoms with E-state index in [9.17, 15) is 4.79 Å². The predicted molar refractivity (Wildman–Crippen MR) is 79.5 cm³/mol. The quantitative estimate of drug-likeness (QED) is 0.841. The molecule has 1 amide bonds. The molecule has 0 radical (unpaired) electrons. The summed E-state index contributed by atoms with van der Waals surface area (Å²) in [6.07, 6.45) is 3.65. The van der Waals surface area contributed by atoms with Gasteiger partial charge < -0.3 is 18.9 Å². The Bertz CT molecular complexity index is 696. The smallest absolute Gasteiger partial charge is 0.278 e. The molecule has 3 rings (SSSR count). The van der Waals surface area contributed by atoms with Crippen LogP contribution >= 0.6 is 0 Å². The first kappa shape index (κ1) is 15.3. The van der Waals surface area contributed by atoms with Gasteiger partial charge >= 0.3 is 0 Å². The van der Waals surface area contributed by atoms with Gasteiger partial charge in [-0.3, -0.25) is 4.79 Å². The molecule has 8 heteroatoms. The third-order valence-electron chi connectivity index (χ3n) is 3.78. The standard InChI is InChI=1S/C15H18N4O4/c1-9-12(10(2)23-18-9)15(20)19-7-4-11(8-19)22-14-13(21-3)16-5-6-17-14/h5-6,11H,4,7-8H2,1-3H3/t11-/m1/s1. The maximum Gasteiger partial charge on any atom is 0.278 e. The summed E-state index contributed by atoms with van der Waals surface area (Å²) in [5, 5.41) is 3.83. The van der Waals surface area contributed by atoms with E-state index in [-0.39, 0.29) is 12.0 Å². The lowest BCUT2D eigenvalue weighted by Gasteiger charge is -2.17. The van der Waals surface area contributed by atoms with E-state index in [2.05, 4.69) is 15.1 Å². The van der Waals surface area contributed by atoms with Crippen molar-refractivity contribution >= 4 is 5.91 Å². The van der Waals surface area contributed by atoms with E-state index in [0.717, 1.165) is 6.42 Å². The molecule has 3 heterocycles. The highest BCUT2D eigenvalue weighted by Crippen LogP contribution is 2.25. The van der Waals surface area contributed by atoms with Gasteiger partial charge in [0, 0.05) is 25.4 Å². The van der Waals surface area contributed by atoms with E-state index in [1.165, 1.54) is 13.3 Å². The normalized spacial score (nSPS) is 17.3. The van der Waals surface area contributed by atoms with Crippen molar-refractivity contribution in [3.8, 4) is 11.8 Å². The Morgan fingerprint density at radius 2 is 2.04 bits per heavy atom. The second kappa shape index (κ2) is 6.23. The second-order valence-electron chi connectivity index (χ2n) is 5.35. The summed E-state index contributed by atoms with van der Waals surface area (Å²) in [6, 6.07) is 0. The molecule has 23 heavy (non-hydrogen) atoms. The number of hydrogen-bond acceptors (Lipinski definition) is 7. The van der Waals surface area contributed by atoms with Crippen LogP contribution in [0.15, 0.2) is 16.9 Å². The SMILES string of the molecule is COc1nccnc1O[C@@H]1CCN(C(=O)c2c(C)noc2C)C1. The number of nitrogens with zero attached hydrogens (tertiary/aromatic N) is 4. The molecule has 1 aliphatic rings. The number of carbonyl (C=O) groups is 1. The Hall–Kier alpha value is -2.64. The van der Waals surface area contributed by atoms with Gasteiger partial charge in [-0.15, -0.1) is 0 Å². The number of carbonyl (C=O) groups excluding carboxylic acids is 1. The summed E-state index contributed by atoms with van der Waals surface area (Å²) in [6.45, 7) is 4.58. The van der Waals surface area contributed by atoms with Crippen LogP contribution in [0.4, 0.5) is 0 Å². The molecule has 2 aromatic rings. The van der Waals surface area contributed by atoms with Gasteiger partial charge in [0.05, 0.1) is 19.3 Å². The van der Waals surface area contributed by atoms with E-state index < -0.39 is 0 Å². The van der Waals surface area contributed by atoms with Crippen LogP contribution in [-0.4, -0.2) is 52.2 Å². The molecule has 0 N–H and O–H groups in total. The predicted octanol–water partition coefficient (Wildman–Crippen LogP) is 1.38. The van der Waals surface area contributed by atoms with Crippen molar-refractivity contribution in [2.75, 3.05) is 20.2 Å². The highest BCUT2D eigenvalue weighted by molar-refractivity contribution is 5.96. The van der Waals surface area contributed by atoms with Gasteiger partial charge in [0.25, 0.3) is 17.7 Å². The molecule has 1 atom stereocenters. The Morgan fingerprint density at radius 3 is 2.70 bits per heavy atom. The van der Waals surface area contributed by atoms with Gasteiger partial charge in [-0.05, 0) is 13.8 Å². The molecule has 0 aliphatic carbocycles. The molecule has 2 aromatic heterocycles. The van der Waals surface area contributed by atoms with Crippen molar-refractivity contribution < 1.29 is 18.8 Å². The molecule has 0 saturated carbocycles. The summed E-state index contributed by atoms with van der Waals surface area (Å²) >= 11 is 0. The number of rotatable bonds is 4. The summed E-state index contributed by atoms with van der Waals surface area (Å²) in [7, 11) is 1.51. The Labute approximate surface area is 133 Å². The number of amides is 1. The van der Waals surface area contributed by atoms with Gasteiger partial charge in [-0.1, -0.05) is 5.16 Å². The van der Waals surface area contributed by atoms with Crippen LogP contribution in [0.25, 0.3) is 0 Å². The maximum atomic E-state index is 12.6. The topological polar surface area (TPSA) is 90.6 Å². The third kappa shape index (κ3) is 2.96. The zero-order chi connectivity index (χ0) is 16.4. The molecule has 0 aromatic carbocycles. The number of likely N-dealkylation sites (tertiary alicyclic amines) is 1. The lowest BCUT2D eigenvalue weighted by molar-refractivity contribution is 0.0768. The zero-order valence-electron chi connectivity index (χ0n) is 13.3. The molecule has 0 unspecified atom stereocenters. The molecule has 1 saturated heterocycles. The zero-order valence-corrected chi connectivity index (χ0v) is 13.3. The van der Waals surface area contributed by atoms with E-state index in [1.54, 1.807) is 24.9 Å². The van der Waals surface area contributed by atoms with Crippen LogP contribution in [0.2, 0.25) is 0 Å². The van der Waals surface area contributed by atoms with Gasteiger partial charge in [0.2, 0.25) is 0 Å².